The zero-order valence-corrected chi connectivity index (χ0v) is 12.7. The third-order valence-corrected chi connectivity index (χ3v) is 4.15. The number of rotatable bonds is 3. The van der Waals surface area contributed by atoms with Crippen molar-refractivity contribution < 1.29 is 22.5 Å². The van der Waals surface area contributed by atoms with Crippen LogP contribution >= 0.6 is 0 Å². The van der Waals surface area contributed by atoms with E-state index in [2.05, 4.69) is 0 Å². The predicted molar refractivity (Wildman–Crippen MR) is 85.2 cm³/mol. The van der Waals surface area contributed by atoms with Crippen molar-refractivity contribution in [2.45, 2.75) is 4.90 Å². The van der Waals surface area contributed by atoms with Crippen LogP contribution < -0.4 is 4.74 Å². The van der Waals surface area contributed by atoms with Gasteiger partial charge in [0.1, 0.15) is 5.75 Å². The second kappa shape index (κ2) is 5.83. The van der Waals surface area contributed by atoms with E-state index < -0.39 is 16.1 Å². The molecule has 0 radical (unpaired) electrons. The van der Waals surface area contributed by atoms with Crippen LogP contribution in [-0.2, 0) is 10.1 Å². The van der Waals surface area contributed by atoms with Gasteiger partial charge in [0.05, 0.1) is 10.5 Å². The minimum Gasteiger partial charge on any atom is -0.423 e. The summed E-state index contributed by atoms with van der Waals surface area (Å²) in [5.74, 6) is -0.213. The molecule has 0 saturated heterocycles. The topological polar surface area (TPSA) is 80.7 Å². The molecule has 3 rings (SSSR count). The van der Waals surface area contributed by atoms with Crippen LogP contribution in [0, 0.1) is 0 Å². The Labute approximate surface area is 132 Å². The highest BCUT2D eigenvalue weighted by atomic mass is 32.2. The zero-order valence-electron chi connectivity index (χ0n) is 11.8. The molecule has 0 fully saturated rings. The summed E-state index contributed by atoms with van der Waals surface area (Å²) in [6.45, 7) is 0. The lowest BCUT2D eigenvalue weighted by Crippen LogP contribution is -2.08. The fraction of sp³-hybridized carbons (Fsp3) is 0. The Balaban J connectivity index is 1.94. The molecule has 0 aliphatic heterocycles. The Morgan fingerprint density at radius 2 is 1.57 bits per heavy atom. The lowest BCUT2D eigenvalue weighted by atomic mass is 10.1. The van der Waals surface area contributed by atoms with Gasteiger partial charge in [-0.25, -0.2) is 4.79 Å². The summed E-state index contributed by atoms with van der Waals surface area (Å²) in [6, 6.07) is 17.6. The zero-order chi connectivity index (χ0) is 16.4. The first-order valence-electron chi connectivity index (χ1n) is 6.72. The molecular formula is C17H12O5S. The Bertz CT molecular complexity index is 978. The minimum absolute atomic E-state index is 0.212. The maximum Gasteiger partial charge on any atom is 0.343 e. The van der Waals surface area contributed by atoms with Crippen LogP contribution in [0.15, 0.2) is 71.6 Å². The molecule has 0 bridgehead atoms. The van der Waals surface area contributed by atoms with Gasteiger partial charge in [0.2, 0.25) is 0 Å². The van der Waals surface area contributed by atoms with E-state index in [4.69, 9.17) is 9.29 Å². The van der Waals surface area contributed by atoms with Gasteiger partial charge in [0, 0.05) is 0 Å². The molecular weight excluding hydrogens is 316 g/mol. The summed E-state index contributed by atoms with van der Waals surface area (Å²) >= 11 is 0. The summed E-state index contributed by atoms with van der Waals surface area (Å²) in [4.78, 5) is 11.8. The smallest absolute Gasteiger partial charge is 0.343 e. The van der Waals surface area contributed by atoms with Crippen molar-refractivity contribution in [3.8, 4) is 5.75 Å². The van der Waals surface area contributed by atoms with Gasteiger partial charge in [-0.2, -0.15) is 8.42 Å². The van der Waals surface area contributed by atoms with Crippen LogP contribution in [0.4, 0.5) is 0 Å². The highest BCUT2D eigenvalue weighted by molar-refractivity contribution is 7.85. The highest BCUT2D eigenvalue weighted by Gasteiger charge is 2.11. The summed E-state index contributed by atoms with van der Waals surface area (Å²) in [5, 5.41) is 1.30. The van der Waals surface area contributed by atoms with Crippen LogP contribution in [0.5, 0.6) is 5.75 Å². The first-order chi connectivity index (χ1) is 10.9. The Kier molecular flexibility index (Phi) is 3.85. The number of esters is 1. The third kappa shape index (κ3) is 3.39. The van der Waals surface area contributed by atoms with Gasteiger partial charge in [0.15, 0.2) is 0 Å². The van der Waals surface area contributed by atoms with E-state index in [1.807, 2.05) is 0 Å². The lowest BCUT2D eigenvalue weighted by molar-refractivity contribution is 0.0735. The summed E-state index contributed by atoms with van der Waals surface area (Å²) in [5.41, 5.74) is 0.416. The molecule has 0 amide bonds. The SMILES string of the molecule is O=C(Oc1ccc2ccc(S(=O)(=O)O)cc2c1)c1ccccc1. The van der Waals surface area contributed by atoms with Crippen molar-refractivity contribution in [2.24, 2.45) is 0 Å². The van der Waals surface area contributed by atoms with E-state index in [0.29, 0.717) is 16.7 Å². The molecule has 0 saturated carbocycles. The maximum absolute atomic E-state index is 12.0. The number of ether oxygens (including phenoxy) is 1. The Morgan fingerprint density at radius 3 is 2.26 bits per heavy atom. The molecule has 0 unspecified atom stereocenters. The van der Waals surface area contributed by atoms with Gasteiger partial charge in [-0.05, 0) is 47.2 Å². The molecule has 0 aliphatic carbocycles. The number of hydrogen-bond acceptors (Lipinski definition) is 4. The largest absolute Gasteiger partial charge is 0.423 e. The highest BCUT2D eigenvalue weighted by Crippen LogP contribution is 2.24. The van der Waals surface area contributed by atoms with Gasteiger partial charge in [-0.15, -0.1) is 0 Å². The number of carbonyl (C=O) groups is 1. The van der Waals surface area contributed by atoms with Crippen LogP contribution in [0.3, 0.4) is 0 Å². The van der Waals surface area contributed by atoms with E-state index in [-0.39, 0.29) is 4.90 Å². The van der Waals surface area contributed by atoms with Gasteiger partial charge >= 0.3 is 5.97 Å². The fourth-order valence-corrected chi connectivity index (χ4v) is 2.68. The average Bonchev–Trinajstić information content (AvgIpc) is 2.54. The summed E-state index contributed by atoms with van der Waals surface area (Å²) in [6.07, 6.45) is 0. The number of benzene rings is 3. The normalized spacial score (nSPS) is 11.3. The van der Waals surface area contributed by atoms with Crippen molar-refractivity contribution in [3.05, 3.63) is 72.3 Å². The van der Waals surface area contributed by atoms with Crippen molar-refractivity contribution in [2.75, 3.05) is 0 Å². The molecule has 3 aromatic carbocycles. The quantitative estimate of drug-likeness (QED) is 0.453. The molecule has 0 spiro atoms. The summed E-state index contributed by atoms with van der Waals surface area (Å²) < 4.78 is 36.8. The summed E-state index contributed by atoms with van der Waals surface area (Å²) in [7, 11) is -4.28. The predicted octanol–water partition coefficient (Wildman–Crippen LogP) is 3.31. The molecule has 0 aliphatic rings. The molecule has 3 aromatic rings. The van der Waals surface area contributed by atoms with Crippen LogP contribution in [0.2, 0.25) is 0 Å². The molecule has 23 heavy (non-hydrogen) atoms. The molecule has 0 atom stereocenters. The van der Waals surface area contributed by atoms with Crippen LogP contribution in [0.1, 0.15) is 10.4 Å². The first-order valence-corrected chi connectivity index (χ1v) is 8.16. The Hall–Kier alpha value is -2.70. The fourth-order valence-electron chi connectivity index (χ4n) is 2.17. The van der Waals surface area contributed by atoms with Gasteiger partial charge < -0.3 is 4.74 Å². The standard InChI is InChI=1S/C17H12O5S/c18-17(13-4-2-1-3-5-13)22-15-8-6-12-7-9-16(23(19,20)21)11-14(12)10-15/h1-11H,(H,19,20,21). The number of carbonyl (C=O) groups excluding carboxylic acids is 1. The van der Waals surface area contributed by atoms with Crippen LogP contribution in [-0.4, -0.2) is 18.9 Å². The van der Waals surface area contributed by atoms with E-state index in [9.17, 15) is 13.2 Å². The van der Waals surface area contributed by atoms with E-state index in [1.165, 1.54) is 12.1 Å². The molecule has 5 nitrogen and oxygen atoms in total. The van der Waals surface area contributed by atoms with Gasteiger partial charge in [0.25, 0.3) is 10.1 Å². The van der Waals surface area contributed by atoms with E-state index in [0.717, 1.165) is 5.39 Å². The monoisotopic (exact) mass is 328 g/mol. The Morgan fingerprint density at radius 1 is 0.870 bits per heavy atom. The van der Waals surface area contributed by atoms with Crippen molar-refractivity contribution in [1.82, 2.24) is 0 Å². The van der Waals surface area contributed by atoms with Crippen LogP contribution in [0.25, 0.3) is 10.8 Å². The van der Waals surface area contributed by atoms with E-state index >= 15 is 0 Å². The second-order valence-electron chi connectivity index (χ2n) is 4.90. The average molecular weight is 328 g/mol. The number of hydrogen-bond donors (Lipinski definition) is 1. The molecule has 0 aromatic heterocycles. The lowest BCUT2D eigenvalue weighted by Gasteiger charge is -2.06. The number of fused-ring (bicyclic) bond motifs is 1. The molecule has 0 heterocycles. The molecule has 6 heteroatoms. The first kappa shape index (κ1) is 15.2. The van der Waals surface area contributed by atoms with Crippen molar-refractivity contribution in [1.29, 1.82) is 0 Å². The van der Waals surface area contributed by atoms with Gasteiger partial charge in [-0.1, -0.05) is 30.3 Å². The molecule has 116 valence electrons. The van der Waals surface area contributed by atoms with Gasteiger partial charge in [-0.3, -0.25) is 4.55 Å². The minimum atomic E-state index is -4.28. The molecule has 1 N–H and O–H groups in total. The van der Waals surface area contributed by atoms with E-state index in [1.54, 1.807) is 54.6 Å². The van der Waals surface area contributed by atoms with Crippen molar-refractivity contribution in [3.63, 3.8) is 0 Å². The third-order valence-electron chi connectivity index (χ3n) is 3.30. The maximum atomic E-state index is 12.0. The second-order valence-corrected chi connectivity index (χ2v) is 6.32. The van der Waals surface area contributed by atoms with Crippen molar-refractivity contribution >= 4 is 26.9 Å².